The van der Waals surface area contributed by atoms with Crippen molar-refractivity contribution in [2.45, 2.75) is 37.2 Å². The lowest BCUT2D eigenvalue weighted by Crippen LogP contribution is -2.41. The first-order chi connectivity index (χ1) is 13.4. The van der Waals surface area contributed by atoms with Crippen LogP contribution in [-0.4, -0.2) is 26.0 Å². The molecular formula is C20H20ClN5OS. The summed E-state index contributed by atoms with van der Waals surface area (Å²) in [5, 5.41) is 12.3. The van der Waals surface area contributed by atoms with Crippen LogP contribution in [0.25, 0.3) is 0 Å². The van der Waals surface area contributed by atoms with Crippen molar-refractivity contribution in [3.63, 3.8) is 0 Å². The number of benzene rings is 2. The van der Waals surface area contributed by atoms with Gasteiger partial charge in [0, 0.05) is 10.7 Å². The average molecular weight is 414 g/mol. The lowest BCUT2D eigenvalue weighted by Gasteiger charge is -2.32. The number of rotatable bonds is 3. The minimum absolute atomic E-state index is 0.0886. The Labute approximate surface area is 172 Å². The molecule has 4 rings (SSSR count). The summed E-state index contributed by atoms with van der Waals surface area (Å²) in [6.45, 7) is 5.90. The molecule has 0 saturated heterocycles. The van der Waals surface area contributed by atoms with E-state index in [9.17, 15) is 4.79 Å². The smallest absolute Gasteiger partial charge is 0.240 e. The van der Waals surface area contributed by atoms with E-state index in [4.69, 9.17) is 11.6 Å². The second-order valence-electron chi connectivity index (χ2n) is 6.93. The number of carbonyl (C=O) groups excluding carboxylic acids is 1. The highest BCUT2D eigenvalue weighted by Gasteiger charge is 2.37. The number of aryl methyl sites for hydroxylation is 3. The van der Waals surface area contributed by atoms with Crippen LogP contribution in [0.15, 0.2) is 47.6 Å². The van der Waals surface area contributed by atoms with Crippen LogP contribution < -0.4 is 10.7 Å². The Balaban J connectivity index is 1.67. The van der Waals surface area contributed by atoms with Gasteiger partial charge >= 0.3 is 0 Å². The molecule has 0 bridgehead atoms. The predicted molar refractivity (Wildman–Crippen MR) is 113 cm³/mol. The molecule has 0 aliphatic carbocycles. The van der Waals surface area contributed by atoms with Gasteiger partial charge in [0.2, 0.25) is 11.1 Å². The fourth-order valence-corrected chi connectivity index (χ4v) is 4.59. The van der Waals surface area contributed by atoms with Gasteiger partial charge in [0.1, 0.15) is 11.1 Å². The van der Waals surface area contributed by atoms with E-state index in [2.05, 4.69) is 27.0 Å². The first-order valence-corrected chi connectivity index (χ1v) is 10.2. The Morgan fingerprint density at radius 1 is 1.11 bits per heavy atom. The molecule has 1 aliphatic heterocycles. The average Bonchev–Trinajstić information content (AvgIpc) is 3.01. The number of amides is 1. The largest absolute Gasteiger partial charge is 0.325 e. The van der Waals surface area contributed by atoms with Crippen molar-refractivity contribution in [3.8, 4) is 0 Å². The maximum atomic E-state index is 13.2. The summed E-state index contributed by atoms with van der Waals surface area (Å²) in [6.07, 6.45) is 0. The number of anilines is 1. The molecule has 3 aromatic rings. The van der Waals surface area contributed by atoms with Crippen molar-refractivity contribution < 1.29 is 4.79 Å². The van der Waals surface area contributed by atoms with E-state index in [1.165, 1.54) is 11.8 Å². The standard InChI is InChI=1S/C20H20ClN5OS/c1-11-8-12(2)10-16(9-11)22-19(27)18-17(14-4-6-15(21)7-5-14)25-26-13(3)23-24-20(26)28-18/h4-10,17-18,25H,1-3H3,(H,22,27). The van der Waals surface area contributed by atoms with Crippen LogP contribution in [0.4, 0.5) is 5.69 Å². The van der Waals surface area contributed by atoms with Crippen molar-refractivity contribution in [2.75, 3.05) is 10.7 Å². The summed E-state index contributed by atoms with van der Waals surface area (Å²) in [5.74, 6) is 0.656. The van der Waals surface area contributed by atoms with Crippen molar-refractivity contribution >= 4 is 35.0 Å². The summed E-state index contributed by atoms with van der Waals surface area (Å²) in [7, 11) is 0. The molecule has 2 unspecified atom stereocenters. The molecule has 2 atom stereocenters. The number of thioether (sulfide) groups is 1. The van der Waals surface area contributed by atoms with Crippen LogP contribution in [-0.2, 0) is 4.79 Å². The third-order valence-electron chi connectivity index (χ3n) is 4.58. The van der Waals surface area contributed by atoms with Gasteiger partial charge in [-0.15, -0.1) is 10.2 Å². The summed E-state index contributed by atoms with van der Waals surface area (Å²) >= 11 is 7.45. The fourth-order valence-electron chi connectivity index (χ4n) is 3.34. The first kappa shape index (κ1) is 18.8. The lowest BCUT2D eigenvalue weighted by molar-refractivity contribution is -0.116. The molecule has 0 fully saturated rings. The monoisotopic (exact) mass is 413 g/mol. The minimum atomic E-state index is -0.418. The number of hydrogen-bond acceptors (Lipinski definition) is 5. The van der Waals surface area contributed by atoms with Crippen molar-refractivity contribution in [1.82, 2.24) is 14.9 Å². The Kier molecular flexibility index (Phi) is 5.03. The second-order valence-corrected chi connectivity index (χ2v) is 8.47. The van der Waals surface area contributed by atoms with Gasteiger partial charge in [-0.05, 0) is 61.7 Å². The highest BCUT2D eigenvalue weighted by atomic mass is 35.5. The topological polar surface area (TPSA) is 71.8 Å². The Morgan fingerprint density at radius 3 is 2.46 bits per heavy atom. The quantitative estimate of drug-likeness (QED) is 0.671. The number of hydrogen-bond donors (Lipinski definition) is 2. The van der Waals surface area contributed by atoms with Crippen LogP contribution in [0.5, 0.6) is 0 Å². The van der Waals surface area contributed by atoms with Crippen LogP contribution in [0.1, 0.15) is 28.6 Å². The van der Waals surface area contributed by atoms with Crippen molar-refractivity contribution in [1.29, 1.82) is 0 Å². The summed E-state index contributed by atoms with van der Waals surface area (Å²) < 4.78 is 1.82. The van der Waals surface area contributed by atoms with Gasteiger partial charge in [0.15, 0.2) is 0 Å². The Hall–Kier alpha value is -2.51. The third kappa shape index (κ3) is 3.72. The van der Waals surface area contributed by atoms with Gasteiger partial charge in [0.05, 0.1) is 6.04 Å². The Morgan fingerprint density at radius 2 is 1.79 bits per heavy atom. The van der Waals surface area contributed by atoms with E-state index in [0.717, 1.165) is 28.2 Å². The zero-order valence-electron chi connectivity index (χ0n) is 15.7. The van der Waals surface area contributed by atoms with Crippen molar-refractivity contribution in [2.24, 2.45) is 0 Å². The second kappa shape index (κ2) is 7.48. The Bertz CT molecular complexity index is 1010. The molecule has 0 spiro atoms. The van der Waals surface area contributed by atoms with Gasteiger partial charge in [-0.3, -0.25) is 4.79 Å². The molecule has 0 radical (unpaired) electrons. The first-order valence-electron chi connectivity index (χ1n) is 8.90. The summed E-state index contributed by atoms with van der Waals surface area (Å²) in [6, 6.07) is 13.3. The molecule has 2 N–H and O–H groups in total. The minimum Gasteiger partial charge on any atom is -0.325 e. The molecule has 1 aliphatic rings. The molecule has 2 heterocycles. The van der Waals surface area contributed by atoms with Gasteiger partial charge in [0.25, 0.3) is 0 Å². The van der Waals surface area contributed by atoms with E-state index in [1.807, 2.05) is 61.8 Å². The third-order valence-corrected chi connectivity index (χ3v) is 6.04. The fraction of sp³-hybridized carbons (Fsp3) is 0.250. The van der Waals surface area contributed by atoms with E-state index >= 15 is 0 Å². The molecule has 0 saturated carbocycles. The highest BCUT2D eigenvalue weighted by molar-refractivity contribution is 8.00. The summed E-state index contributed by atoms with van der Waals surface area (Å²) in [5.41, 5.74) is 7.36. The van der Waals surface area contributed by atoms with E-state index < -0.39 is 5.25 Å². The zero-order valence-corrected chi connectivity index (χ0v) is 17.3. The molecule has 6 nitrogen and oxygen atoms in total. The van der Waals surface area contributed by atoms with Gasteiger partial charge < -0.3 is 10.7 Å². The van der Waals surface area contributed by atoms with E-state index in [-0.39, 0.29) is 11.9 Å². The number of halogens is 1. The van der Waals surface area contributed by atoms with Crippen LogP contribution in [0, 0.1) is 20.8 Å². The maximum absolute atomic E-state index is 13.2. The number of carbonyl (C=O) groups is 1. The van der Waals surface area contributed by atoms with Crippen molar-refractivity contribution in [3.05, 3.63) is 70.0 Å². The van der Waals surface area contributed by atoms with Gasteiger partial charge in [-0.1, -0.05) is 41.6 Å². The molecular weight excluding hydrogens is 394 g/mol. The normalized spacial score (nSPS) is 18.3. The summed E-state index contributed by atoms with van der Waals surface area (Å²) in [4.78, 5) is 13.2. The predicted octanol–water partition coefficient (Wildman–Crippen LogP) is 4.25. The molecule has 8 heteroatoms. The van der Waals surface area contributed by atoms with Crippen LogP contribution in [0.2, 0.25) is 5.02 Å². The van der Waals surface area contributed by atoms with Crippen LogP contribution in [0.3, 0.4) is 0 Å². The number of nitrogens with zero attached hydrogens (tertiary/aromatic N) is 3. The maximum Gasteiger partial charge on any atom is 0.240 e. The van der Waals surface area contributed by atoms with Crippen LogP contribution >= 0.6 is 23.4 Å². The molecule has 1 aromatic heterocycles. The molecule has 1 amide bonds. The number of fused-ring (bicyclic) bond motifs is 1. The van der Waals surface area contributed by atoms with Gasteiger partial charge in [-0.25, -0.2) is 4.68 Å². The molecule has 28 heavy (non-hydrogen) atoms. The zero-order chi connectivity index (χ0) is 19.8. The van der Waals surface area contributed by atoms with E-state index in [0.29, 0.717) is 10.2 Å². The lowest BCUT2D eigenvalue weighted by atomic mass is 10.0. The van der Waals surface area contributed by atoms with Gasteiger partial charge in [-0.2, -0.15) is 0 Å². The van der Waals surface area contributed by atoms with E-state index in [1.54, 1.807) is 0 Å². The number of nitrogens with one attached hydrogen (secondary N) is 2. The SMILES string of the molecule is Cc1cc(C)cc(NC(=O)C2Sc3nnc(C)n3NC2c2ccc(Cl)cc2)c1. The number of aromatic nitrogens is 3. The molecule has 144 valence electrons. The molecule has 2 aromatic carbocycles. The highest BCUT2D eigenvalue weighted by Crippen LogP contribution is 2.37.